The van der Waals surface area contributed by atoms with E-state index in [4.69, 9.17) is 23.2 Å². The predicted molar refractivity (Wildman–Crippen MR) is 139 cm³/mol. The van der Waals surface area contributed by atoms with E-state index >= 15 is 0 Å². The smallest absolute Gasteiger partial charge is 0.240 e. The number of halogens is 2. The lowest BCUT2D eigenvalue weighted by molar-refractivity contribution is -0.125. The van der Waals surface area contributed by atoms with Crippen LogP contribution in [0.3, 0.4) is 0 Å². The number of hydrogen-bond donors (Lipinski definition) is 3. The number of amides is 1. The van der Waals surface area contributed by atoms with Crippen molar-refractivity contribution in [2.45, 2.75) is 23.3 Å². The van der Waals surface area contributed by atoms with Crippen molar-refractivity contribution < 1.29 is 13.2 Å². The number of hydrogen-bond acceptors (Lipinski definition) is 4. The van der Waals surface area contributed by atoms with Gasteiger partial charge in [-0.15, -0.1) is 0 Å². The summed E-state index contributed by atoms with van der Waals surface area (Å²) >= 11 is 11.9. The molecule has 0 saturated carbocycles. The number of sulfonamides is 1. The second-order valence-electron chi connectivity index (χ2n) is 8.60. The Kier molecular flexibility index (Phi) is 8.46. The molecule has 0 spiro atoms. The highest BCUT2D eigenvalue weighted by molar-refractivity contribution is 7.89. The van der Waals surface area contributed by atoms with Gasteiger partial charge in [0.25, 0.3) is 0 Å². The molecule has 0 radical (unpaired) electrons. The van der Waals surface area contributed by atoms with Gasteiger partial charge < -0.3 is 10.6 Å². The number of piperidine rings is 1. The average molecular weight is 532 g/mol. The maximum Gasteiger partial charge on any atom is 0.240 e. The summed E-state index contributed by atoms with van der Waals surface area (Å²) in [5.74, 6) is -0.452. The van der Waals surface area contributed by atoms with Gasteiger partial charge in [-0.1, -0.05) is 83.9 Å². The van der Waals surface area contributed by atoms with Crippen LogP contribution in [-0.4, -0.2) is 40.0 Å². The largest absolute Gasteiger partial charge is 0.355 e. The highest BCUT2D eigenvalue weighted by Crippen LogP contribution is 2.26. The van der Waals surface area contributed by atoms with E-state index in [1.807, 2.05) is 36.4 Å². The molecule has 0 aromatic heterocycles. The summed E-state index contributed by atoms with van der Waals surface area (Å²) < 4.78 is 28.3. The second kappa shape index (κ2) is 11.5. The zero-order valence-electron chi connectivity index (χ0n) is 19.0. The molecule has 3 aromatic rings. The molecule has 1 amide bonds. The predicted octanol–water partition coefficient (Wildman–Crippen LogP) is 4.20. The summed E-state index contributed by atoms with van der Waals surface area (Å²) in [6.07, 6.45) is 0.390. The van der Waals surface area contributed by atoms with Gasteiger partial charge in [0.2, 0.25) is 15.9 Å². The Labute approximate surface area is 216 Å². The Morgan fingerprint density at radius 2 is 1.54 bits per heavy atom. The summed E-state index contributed by atoms with van der Waals surface area (Å²) in [5, 5.41) is 6.72. The fraction of sp³-hybridized carbons (Fsp3) is 0.269. The Morgan fingerprint density at radius 1 is 0.914 bits per heavy atom. The minimum atomic E-state index is -3.81. The lowest BCUT2D eigenvalue weighted by Gasteiger charge is -2.30. The molecule has 4 rings (SSSR count). The van der Waals surface area contributed by atoms with E-state index in [1.54, 1.807) is 0 Å². The zero-order chi connectivity index (χ0) is 24.8. The van der Waals surface area contributed by atoms with Crippen LogP contribution in [0.2, 0.25) is 10.0 Å². The van der Waals surface area contributed by atoms with E-state index in [-0.39, 0.29) is 32.7 Å². The molecule has 1 saturated heterocycles. The first kappa shape index (κ1) is 25.7. The molecule has 35 heavy (non-hydrogen) atoms. The van der Waals surface area contributed by atoms with Gasteiger partial charge in [-0.25, -0.2) is 13.1 Å². The van der Waals surface area contributed by atoms with Gasteiger partial charge >= 0.3 is 0 Å². The van der Waals surface area contributed by atoms with Gasteiger partial charge in [-0.3, -0.25) is 4.79 Å². The lowest BCUT2D eigenvalue weighted by Crippen LogP contribution is -2.52. The maximum absolute atomic E-state index is 13.1. The van der Waals surface area contributed by atoms with Crippen molar-refractivity contribution in [2.24, 2.45) is 5.92 Å². The van der Waals surface area contributed by atoms with Crippen molar-refractivity contribution in [3.63, 3.8) is 0 Å². The van der Waals surface area contributed by atoms with Crippen LogP contribution in [0.5, 0.6) is 0 Å². The fourth-order valence-electron chi connectivity index (χ4n) is 4.31. The number of carbonyl (C=O) groups excluding carboxylic acids is 1. The van der Waals surface area contributed by atoms with E-state index in [2.05, 4.69) is 39.6 Å². The van der Waals surface area contributed by atoms with Crippen LogP contribution < -0.4 is 15.4 Å². The van der Waals surface area contributed by atoms with E-state index in [0.29, 0.717) is 26.1 Å². The number of carbonyl (C=O) groups is 1. The summed E-state index contributed by atoms with van der Waals surface area (Å²) in [6.45, 7) is 1.36. The summed E-state index contributed by atoms with van der Waals surface area (Å²) in [7, 11) is -3.81. The standard InChI is InChI=1S/C26H27Cl2N3O3S/c27-24-12-11-22(14-25(24)28)35(33,34)31-21-13-20(15-29-16-21)26(32)30-17-23(18-7-3-1-4-8-18)19-9-5-2-6-10-19/h1-12,14,20-21,23,29,31H,13,15-17H2,(H,30,32)/t20-,21-/m0/s1. The van der Waals surface area contributed by atoms with E-state index < -0.39 is 16.1 Å². The normalized spacial score (nSPS) is 18.4. The van der Waals surface area contributed by atoms with Crippen LogP contribution in [0.25, 0.3) is 0 Å². The third-order valence-electron chi connectivity index (χ3n) is 6.13. The molecule has 6 nitrogen and oxygen atoms in total. The van der Waals surface area contributed by atoms with E-state index in [0.717, 1.165) is 11.1 Å². The zero-order valence-corrected chi connectivity index (χ0v) is 21.3. The third-order valence-corrected chi connectivity index (χ3v) is 8.39. The first-order chi connectivity index (χ1) is 16.8. The Hall–Kier alpha value is -2.42. The molecular weight excluding hydrogens is 505 g/mol. The molecule has 9 heteroatoms. The summed E-state index contributed by atoms with van der Waals surface area (Å²) in [5.41, 5.74) is 2.24. The van der Waals surface area contributed by atoms with Crippen molar-refractivity contribution in [1.29, 1.82) is 0 Å². The highest BCUT2D eigenvalue weighted by Gasteiger charge is 2.30. The average Bonchev–Trinajstić information content (AvgIpc) is 2.87. The van der Waals surface area contributed by atoms with Crippen LogP contribution in [0.1, 0.15) is 23.5 Å². The fourth-order valence-corrected chi connectivity index (χ4v) is 5.95. The van der Waals surface area contributed by atoms with Crippen molar-refractivity contribution in [3.8, 4) is 0 Å². The minimum Gasteiger partial charge on any atom is -0.355 e. The van der Waals surface area contributed by atoms with Gasteiger partial charge in [0.1, 0.15) is 0 Å². The first-order valence-electron chi connectivity index (χ1n) is 11.4. The van der Waals surface area contributed by atoms with Gasteiger partial charge in [-0.05, 0) is 35.7 Å². The summed E-state index contributed by atoms with van der Waals surface area (Å²) in [4.78, 5) is 13.1. The quantitative estimate of drug-likeness (QED) is 0.406. The SMILES string of the molecule is O=C(NCC(c1ccccc1)c1ccccc1)[C@@H]1CNC[C@@H](NS(=O)(=O)c2ccc(Cl)c(Cl)c2)C1. The van der Waals surface area contributed by atoms with Gasteiger partial charge in [-0.2, -0.15) is 0 Å². The molecule has 1 aliphatic heterocycles. The van der Waals surface area contributed by atoms with Gasteiger partial charge in [0.05, 0.1) is 20.9 Å². The third kappa shape index (κ3) is 6.63. The molecule has 0 bridgehead atoms. The van der Waals surface area contributed by atoms with Crippen LogP contribution in [0, 0.1) is 5.92 Å². The van der Waals surface area contributed by atoms with E-state index in [1.165, 1.54) is 18.2 Å². The van der Waals surface area contributed by atoms with Crippen molar-refractivity contribution in [1.82, 2.24) is 15.4 Å². The Morgan fingerprint density at radius 3 is 2.14 bits per heavy atom. The molecule has 3 aromatic carbocycles. The van der Waals surface area contributed by atoms with Gasteiger partial charge in [0, 0.05) is 31.6 Å². The topological polar surface area (TPSA) is 87.3 Å². The molecule has 1 heterocycles. The maximum atomic E-state index is 13.1. The molecule has 1 aliphatic rings. The number of nitrogens with one attached hydrogen (secondary N) is 3. The van der Waals surface area contributed by atoms with Gasteiger partial charge in [0.15, 0.2) is 0 Å². The van der Waals surface area contributed by atoms with Crippen molar-refractivity contribution in [3.05, 3.63) is 100 Å². The number of benzene rings is 3. The molecule has 0 aliphatic carbocycles. The van der Waals surface area contributed by atoms with Crippen LogP contribution in [0.15, 0.2) is 83.8 Å². The minimum absolute atomic E-state index is 0.0156. The Bertz CT molecular complexity index is 1220. The van der Waals surface area contributed by atoms with Crippen LogP contribution >= 0.6 is 23.2 Å². The van der Waals surface area contributed by atoms with Crippen molar-refractivity contribution >= 4 is 39.1 Å². The first-order valence-corrected chi connectivity index (χ1v) is 13.6. The molecule has 3 N–H and O–H groups in total. The second-order valence-corrected chi connectivity index (χ2v) is 11.1. The molecule has 184 valence electrons. The Balaban J connectivity index is 1.40. The lowest BCUT2D eigenvalue weighted by atomic mass is 9.90. The molecule has 2 atom stereocenters. The van der Waals surface area contributed by atoms with Crippen LogP contribution in [-0.2, 0) is 14.8 Å². The van der Waals surface area contributed by atoms with E-state index in [9.17, 15) is 13.2 Å². The monoisotopic (exact) mass is 531 g/mol. The molecule has 1 fully saturated rings. The molecule has 0 unspecified atom stereocenters. The highest BCUT2D eigenvalue weighted by atomic mass is 35.5. The van der Waals surface area contributed by atoms with Crippen molar-refractivity contribution in [2.75, 3.05) is 19.6 Å². The summed E-state index contributed by atoms with van der Waals surface area (Å²) in [6, 6.07) is 23.9. The molecular formula is C26H27Cl2N3O3S. The van der Waals surface area contributed by atoms with Crippen LogP contribution in [0.4, 0.5) is 0 Å². The number of rotatable bonds is 8.